The molecule has 0 bridgehead atoms. The minimum atomic E-state index is -0.453. The molecule has 0 aromatic carbocycles. The summed E-state index contributed by atoms with van der Waals surface area (Å²) < 4.78 is 0. The number of anilines is 1. The minimum absolute atomic E-state index is 0.0612. The first-order chi connectivity index (χ1) is 10.0. The van der Waals surface area contributed by atoms with Gasteiger partial charge >= 0.3 is 5.69 Å². The fraction of sp³-hybridized carbons (Fsp3) is 0.286. The molecule has 2 rings (SSSR count). The molecule has 0 aliphatic rings. The lowest BCUT2D eigenvalue weighted by Crippen LogP contribution is -2.24. The zero-order valence-corrected chi connectivity index (χ0v) is 12.5. The van der Waals surface area contributed by atoms with Gasteiger partial charge < -0.3 is 4.90 Å². The van der Waals surface area contributed by atoms with E-state index in [2.05, 4.69) is 9.97 Å². The molecule has 21 heavy (non-hydrogen) atoms. The van der Waals surface area contributed by atoms with Crippen molar-refractivity contribution in [2.24, 2.45) is 0 Å². The average Bonchev–Trinajstić information content (AvgIpc) is 2.44. The van der Waals surface area contributed by atoms with Gasteiger partial charge in [-0.15, -0.1) is 0 Å². The molecule has 7 heteroatoms. The molecule has 6 nitrogen and oxygen atoms in total. The van der Waals surface area contributed by atoms with Gasteiger partial charge in [-0.3, -0.25) is 15.1 Å². The van der Waals surface area contributed by atoms with Crippen LogP contribution in [0.1, 0.15) is 18.3 Å². The van der Waals surface area contributed by atoms with Crippen LogP contribution in [0.3, 0.4) is 0 Å². The number of nitrogens with zero attached hydrogens (tertiary/aromatic N) is 4. The van der Waals surface area contributed by atoms with Gasteiger partial charge in [-0.2, -0.15) is 0 Å². The number of aromatic nitrogens is 2. The van der Waals surface area contributed by atoms with Crippen LogP contribution in [0.15, 0.2) is 30.3 Å². The molecule has 0 saturated carbocycles. The van der Waals surface area contributed by atoms with Crippen LogP contribution in [-0.4, -0.2) is 21.4 Å². The van der Waals surface area contributed by atoms with E-state index in [-0.39, 0.29) is 16.7 Å². The Kier molecular flexibility index (Phi) is 4.70. The number of pyridine rings is 2. The van der Waals surface area contributed by atoms with Crippen LogP contribution in [0.4, 0.5) is 11.5 Å². The van der Waals surface area contributed by atoms with Gasteiger partial charge in [0.05, 0.1) is 17.2 Å². The van der Waals surface area contributed by atoms with Crippen molar-refractivity contribution in [3.8, 4) is 0 Å². The summed E-state index contributed by atoms with van der Waals surface area (Å²) in [5, 5.41) is 11.4. The van der Waals surface area contributed by atoms with Crippen molar-refractivity contribution in [2.75, 3.05) is 11.4 Å². The summed E-state index contributed by atoms with van der Waals surface area (Å²) in [6, 6.07) is 8.48. The van der Waals surface area contributed by atoms with Gasteiger partial charge in [0, 0.05) is 18.3 Å². The van der Waals surface area contributed by atoms with Crippen molar-refractivity contribution in [3.63, 3.8) is 0 Å². The molecule has 0 unspecified atom stereocenters. The van der Waals surface area contributed by atoms with Crippen molar-refractivity contribution >= 4 is 23.1 Å². The maximum atomic E-state index is 11.1. The quantitative estimate of drug-likeness (QED) is 0.481. The molecule has 0 spiro atoms. The highest BCUT2D eigenvalue weighted by atomic mass is 35.5. The molecule has 2 aromatic rings. The number of hydrogen-bond donors (Lipinski definition) is 0. The SMILES string of the molecule is CCN(Cc1cccc(C)n1)c1nc(Cl)ccc1[N+](=O)[O-]. The van der Waals surface area contributed by atoms with E-state index in [9.17, 15) is 10.1 Å². The molecule has 2 aromatic heterocycles. The highest BCUT2D eigenvalue weighted by Gasteiger charge is 2.21. The van der Waals surface area contributed by atoms with Gasteiger partial charge in [-0.25, -0.2) is 4.98 Å². The normalized spacial score (nSPS) is 10.4. The minimum Gasteiger partial charge on any atom is -0.345 e. The molecule has 0 aliphatic heterocycles. The van der Waals surface area contributed by atoms with Crippen molar-refractivity contribution in [1.29, 1.82) is 0 Å². The van der Waals surface area contributed by atoms with Crippen LogP contribution in [-0.2, 0) is 6.54 Å². The van der Waals surface area contributed by atoms with E-state index in [4.69, 9.17) is 11.6 Å². The van der Waals surface area contributed by atoms with E-state index < -0.39 is 4.92 Å². The Morgan fingerprint density at radius 1 is 1.29 bits per heavy atom. The maximum Gasteiger partial charge on any atom is 0.311 e. The number of nitro groups is 1. The number of rotatable bonds is 5. The summed E-state index contributed by atoms with van der Waals surface area (Å²) >= 11 is 5.87. The number of halogens is 1. The zero-order chi connectivity index (χ0) is 15.4. The fourth-order valence-corrected chi connectivity index (χ4v) is 2.16. The van der Waals surface area contributed by atoms with Crippen LogP contribution in [0.2, 0.25) is 5.15 Å². The highest BCUT2D eigenvalue weighted by molar-refractivity contribution is 6.29. The predicted molar refractivity (Wildman–Crippen MR) is 81.6 cm³/mol. The van der Waals surface area contributed by atoms with Crippen molar-refractivity contribution < 1.29 is 4.92 Å². The summed E-state index contributed by atoms with van der Waals surface area (Å²) in [6.45, 7) is 4.80. The maximum absolute atomic E-state index is 11.1. The molecule has 2 heterocycles. The van der Waals surface area contributed by atoms with E-state index in [0.717, 1.165) is 11.4 Å². The standard InChI is InChI=1S/C14H15ClN4O2/c1-3-18(9-11-6-4-5-10(2)16-11)14-12(19(20)21)7-8-13(15)17-14/h4-8H,3,9H2,1-2H3. The van der Waals surface area contributed by atoms with Gasteiger partial charge in [0.15, 0.2) is 0 Å². The van der Waals surface area contributed by atoms with E-state index >= 15 is 0 Å². The van der Waals surface area contributed by atoms with Crippen LogP contribution in [0.25, 0.3) is 0 Å². The third kappa shape index (κ3) is 3.66. The number of aryl methyl sites for hydroxylation is 1. The molecular weight excluding hydrogens is 292 g/mol. The van der Waals surface area contributed by atoms with E-state index in [1.54, 1.807) is 4.90 Å². The molecule has 0 radical (unpaired) electrons. The lowest BCUT2D eigenvalue weighted by molar-refractivity contribution is -0.384. The van der Waals surface area contributed by atoms with Crippen molar-refractivity contribution in [3.05, 3.63) is 57.0 Å². The first kappa shape index (κ1) is 15.2. The second kappa shape index (κ2) is 6.49. The summed E-state index contributed by atoms with van der Waals surface area (Å²) in [5.41, 5.74) is 1.67. The van der Waals surface area contributed by atoms with Gasteiger partial charge in [0.25, 0.3) is 0 Å². The molecule has 0 N–H and O–H groups in total. The molecule has 0 saturated heterocycles. The Hall–Kier alpha value is -2.21. The first-order valence-corrected chi connectivity index (χ1v) is 6.87. The third-order valence-corrected chi connectivity index (χ3v) is 3.21. The Balaban J connectivity index is 2.37. The zero-order valence-electron chi connectivity index (χ0n) is 11.8. The number of hydrogen-bond acceptors (Lipinski definition) is 5. The average molecular weight is 307 g/mol. The second-order valence-corrected chi connectivity index (χ2v) is 4.91. The first-order valence-electron chi connectivity index (χ1n) is 6.49. The lowest BCUT2D eigenvalue weighted by Gasteiger charge is -2.21. The Morgan fingerprint density at radius 3 is 2.67 bits per heavy atom. The van der Waals surface area contributed by atoms with Crippen LogP contribution >= 0.6 is 11.6 Å². The molecular formula is C14H15ClN4O2. The van der Waals surface area contributed by atoms with Crippen LogP contribution in [0.5, 0.6) is 0 Å². The van der Waals surface area contributed by atoms with Gasteiger partial charge in [-0.05, 0) is 32.0 Å². The lowest BCUT2D eigenvalue weighted by atomic mass is 10.2. The summed E-state index contributed by atoms with van der Waals surface area (Å²) in [4.78, 5) is 21.0. The monoisotopic (exact) mass is 306 g/mol. The Morgan fingerprint density at radius 2 is 2.05 bits per heavy atom. The van der Waals surface area contributed by atoms with E-state index in [1.807, 2.05) is 32.0 Å². The van der Waals surface area contributed by atoms with Gasteiger partial charge in [0.2, 0.25) is 5.82 Å². The molecule has 0 amide bonds. The van der Waals surface area contributed by atoms with Gasteiger partial charge in [-0.1, -0.05) is 17.7 Å². The van der Waals surface area contributed by atoms with Crippen molar-refractivity contribution in [1.82, 2.24) is 9.97 Å². The smallest absolute Gasteiger partial charge is 0.311 e. The molecule has 0 fully saturated rings. The van der Waals surface area contributed by atoms with Crippen molar-refractivity contribution in [2.45, 2.75) is 20.4 Å². The predicted octanol–water partition coefficient (Wildman–Crippen LogP) is 3.37. The molecule has 110 valence electrons. The van der Waals surface area contributed by atoms with E-state index in [0.29, 0.717) is 13.1 Å². The third-order valence-electron chi connectivity index (χ3n) is 3.00. The van der Waals surface area contributed by atoms with Crippen LogP contribution < -0.4 is 4.90 Å². The highest BCUT2D eigenvalue weighted by Crippen LogP contribution is 2.28. The largest absolute Gasteiger partial charge is 0.345 e. The second-order valence-electron chi connectivity index (χ2n) is 4.52. The summed E-state index contributed by atoms with van der Waals surface area (Å²) in [5.74, 6) is 0.262. The fourth-order valence-electron chi connectivity index (χ4n) is 2.01. The molecule has 0 aliphatic carbocycles. The topological polar surface area (TPSA) is 72.2 Å². The summed E-state index contributed by atoms with van der Waals surface area (Å²) in [7, 11) is 0. The Labute approximate surface area is 127 Å². The molecule has 0 atom stereocenters. The van der Waals surface area contributed by atoms with Gasteiger partial charge in [0.1, 0.15) is 5.15 Å². The van der Waals surface area contributed by atoms with Crippen LogP contribution in [0, 0.1) is 17.0 Å². The summed E-state index contributed by atoms with van der Waals surface area (Å²) in [6.07, 6.45) is 0. The van der Waals surface area contributed by atoms with E-state index in [1.165, 1.54) is 12.1 Å². The Bertz CT molecular complexity index is 663.